The van der Waals surface area contributed by atoms with Gasteiger partial charge in [-0.2, -0.15) is 0 Å². The van der Waals surface area contributed by atoms with Crippen molar-refractivity contribution in [3.8, 4) is 0 Å². The molecule has 6 nitrogen and oxygen atoms in total. The van der Waals surface area contributed by atoms with Crippen molar-refractivity contribution in [2.75, 3.05) is 23.3 Å². The van der Waals surface area contributed by atoms with Crippen molar-refractivity contribution >= 4 is 17.4 Å². The summed E-state index contributed by atoms with van der Waals surface area (Å²) in [7, 11) is 0. The van der Waals surface area contributed by atoms with Crippen molar-refractivity contribution in [3.63, 3.8) is 0 Å². The lowest BCUT2D eigenvalue weighted by atomic mass is 9.98. The Morgan fingerprint density at radius 3 is 2.88 bits per heavy atom. The van der Waals surface area contributed by atoms with Gasteiger partial charge in [0.1, 0.15) is 5.82 Å². The van der Waals surface area contributed by atoms with E-state index in [1.165, 1.54) is 25.7 Å². The lowest BCUT2D eigenvalue weighted by Gasteiger charge is -2.29. The van der Waals surface area contributed by atoms with E-state index in [1.54, 1.807) is 6.20 Å². The Hall–Kier alpha value is -2.47. The summed E-state index contributed by atoms with van der Waals surface area (Å²) < 4.78 is 0. The lowest BCUT2D eigenvalue weighted by Crippen LogP contribution is -2.44. The van der Waals surface area contributed by atoms with E-state index in [4.69, 9.17) is 0 Å². The topological polar surface area (TPSA) is 70.2 Å². The van der Waals surface area contributed by atoms with Crippen LogP contribution in [-0.2, 0) is 11.2 Å². The molecule has 2 saturated heterocycles. The second-order valence-corrected chi connectivity index (χ2v) is 7.17. The number of hydrogen-bond acceptors (Lipinski definition) is 5. The molecule has 2 bridgehead atoms. The smallest absolute Gasteiger partial charge is 0.231 e. The summed E-state index contributed by atoms with van der Waals surface area (Å²) in [5, 5.41) is 6.60. The lowest BCUT2D eigenvalue weighted by molar-refractivity contribution is -0.115. The molecule has 2 fully saturated rings. The predicted octanol–water partition coefficient (Wildman–Crippen LogP) is 2.38. The first kappa shape index (κ1) is 17.0. The zero-order chi connectivity index (χ0) is 17.8. The van der Waals surface area contributed by atoms with Gasteiger partial charge in [0, 0.05) is 37.1 Å². The summed E-state index contributed by atoms with van der Waals surface area (Å²) in [6, 6.07) is 10.8. The van der Waals surface area contributed by atoms with Gasteiger partial charge in [-0.05, 0) is 43.5 Å². The number of carbonyl (C=O) groups excluding carboxylic acids is 1. The highest BCUT2D eigenvalue weighted by atomic mass is 16.1. The number of hydrogen-bond donors (Lipinski definition) is 2. The Kier molecular flexibility index (Phi) is 5.11. The van der Waals surface area contributed by atoms with Gasteiger partial charge in [-0.25, -0.2) is 4.98 Å². The number of nitrogens with one attached hydrogen (secondary N) is 2. The molecule has 2 aliphatic rings. The number of aromatic nitrogens is 2. The van der Waals surface area contributed by atoms with E-state index in [9.17, 15) is 4.79 Å². The predicted molar refractivity (Wildman–Crippen MR) is 102 cm³/mol. The first-order valence-electron chi connectivity index (χ1n) is 9.43. The Morgan fingerprint density at radius 1 is 1.15 bits per heavy atom. The molecule has 4 rings (SSSR count). The number of anilines is 2. The van der Waals surface area contributed by atoms with E-state index in [1.807, 2.05) is 30.5 Å². The SMILES string of the molecule is O=C(Cc1ccccn1)Nc1ccc(N2CCC3CCCC(C2)N3)cn1. The molecule has 26 heavy (non-hydrogen) atoms. The van der Waals surface area contributed by atoms with Gasteiger partial charge in [0.2, 0.25) is 5.91 Å². The highest BCUT2D eigenvalue weighted by molar-refractivity contribution is 5.91. The summed E-state index contributed by atoms with van der Waals surface area (Å²) in [4.78, 5) is 23.2. The molecule has 4 heterocycles. The molecule has 0 radical (unpaired) electrons. The third-order valence-electron chi connectivity index (χ3n) is 5.21. The highest BCUT2D eigenvalue weighted by Crippen LogP contribution is 2.24. The van der Waals surface area contributed by atoms with Crippen LogP contribution in [0.25, 0.3) is 0 Å². The number of pyridine rings is 2. The fourth-order valence-electron chi connectivity index (χ4n) is 3.89. The van der Waals surface area contributed by atoms with Gasteiger partial charge in [-0.3, -0.25) is 9.78 Å². The molecule has 2 aromatic heterocycles. The molecule has 2 aromatic rings. The van der Waals surface area contributed by atoms with E-state index in [2.05, 4.69) is 31.6 Å². The molecule has 2 atom stereocenters. The van der Waals surface area contributed by atoms with Crippen LogP contribution >= 0.6 is 0 Å². The van der Waals surface area contributed by atoms with Crippen molar-refractivity contribution < 1.29 is 4.79 Å². The van der Waals surface area contributed by atoms with Gasteiger partial charge in [0.25, 0.3) is 0 Å². The maximum atomic E-state index is 12.1. The summed E-state index contributed by atoms with van der Waals surface area (Å²) >= 11 is 0. The van der Waals surface area contributed by atoms with Crippen LogP contribution in [0.15, 0.2) is 42.7 Å². The molecule has 0 aromatic carbocycles. The fraction of sp³-hybridized carbons (Fsp3) is 0.450. The summed E-state index contributed by atoms with van der Waals surface area (Å²) in [6.07, 6.45) is 8.87. The number of rotatable bonds is 4. The largest absolute Gasteiger partial charge is 0.369 e. The van der Waals surface area contributed by atoms with Crippen molar-refractivity contribution in [1.82, 2.24) is 15.3 Å². The molecule has 136 valence electrons. The molecule has 2 aliphatic heterocycles. The number of nitrogens with zero attached hydrogens (tertiary/aromatic N) is 3. The number of amides is 1. The third-order valence-corrected chi connectivity index (χ3v) is 5.21. The molecule has 6 heteroatoms. The van der Waals surface area contributed by atoms with Crippen LogP contribution in [0.1, 0.15) is 31.4 Å². The van der Waals surface area contributed by atoms with Gasteiger partial charge in [0.05, 0.1) is 18.3 Å². The van der Waals surface area contributed by atoms with Crippen molar-refractivity contribution in [3.05, 3.63) is 48.4 Å². The van der Waals surface area contributed by atoms with Crippen molar-refractivity contribution in [1.29, 1.82) is 0 Å². The molecule has 0 spiro atoms. The van der Waals surface area contributed by atoms with Crippen LogP contribution in [0.5, 0.6) is 0 Å². The van der Waals surface area contributed by atoms with Crippen LogP contribution in [0, 0.1) is 0 Å². The highest BCUT2D eigenvalue weighted by Gasteiger charge is 2.27. The maximum absolute atomic E-state index is 12.1. The Balaban J connectivity index is 1.36. The Labute approximate surface area is 154 Å². The molecule has 2 unspecified atom stereocenters. The first-order chi connectivity index (χ1) is 12.8. The third kappa shape index (κ3) is 4.19. The Bertz CT molecular complexity index is 734. The van der Waals surface area contributed by atoms with Crippen LogP contribution in [0.3, 0.4) is 0 Å². The fourth-order valence-corrected chi connectivity index (χ4v) is 3.89. The second kappa shape index (κ2) is 7.83. The van der Waals surface area contributed by atoms with Crippen molar-refractivity contribution in [2.45, 2.75) is 44.2 Å². The molecule has 2 N–H and O–H groups in total. The number of carbonyl (C=O) groups is 1. The number of piperidine rings is 1. The van der Waals surface area contributed by atoms with Gasteiger partial charge in [0.15, 0.2) is 0 Å². The average Bonchev–Trinajstić information content (AvgIpc) is 2.81. The molecule has 0 aliphatic carbocycles. The number of fused-ring (bicyclic) bond motifs is 2. The molecule has 1 amide bonds. The first-order valence-corrected chi connectivity index (χ1v) is 9.43. The summed E-state index contributed by atoms with van der Waals surface area (Å²) in [6.45, 7) is 2.09. The normalized spacial score (nSPS) is 22.5. The Morgan fingerprint density at radius 2 is 2.08 bits per heavy atom. The zero-order valence-corrected chi connectivity index (χ0v) is 14.9. The minimum absolute atomic E-state index is 0.100. The monoisotopic (exact) mass is 351 g/mol. The maximum Gasteiger partial charge on any atom is 0.231 e. The van der Waals surface area contributed by atoms with Gasteiger partial charge in [-0.15, -0.1) is 0 Å². The zero-order valence-electron chi connectivity index (χ0n) is 14.9. The minimum atomic E-state index is -0.100. The quantitative estimate of drug-likeness (QED) is 0.885. The van der Waals surface area contributed by atoms with E-state index in [0.29, 0.717) is 17.9 Å². The van der Waals surface area contributed by atoms with E-state index >= 15 is 0 Å². The van der Waals surface area contributed by atoms with Crippen LogP contribution < -0.4 is 15.5 Å². The second-order valence-electron chi connectivity index (χ2n) is 7.17. The van der Waals surface area contributed by atoms with Crippen LogP contribution in [0.4, 0.5) is 11.5 Å². The van der Waals surface area contributed by atoms with Gasteiger partial charge < -0.3 is 15.5 Å². The molecular formula is C20H25N5O. The summed E-state index contributed by atoms with van der Waals surface area (Å²) in [5.74, 6) is 0.484. The van der Waals surface area contributed by atoms with Crippen molar-refractivity contribution in [2.24, 2.45) is 0 Å². The standard InChI is InChI=1S/C20H25N5O/c26-20(12-16-4-1-2-10-21-16)24-19-8-7-18(13-22-19)25-11-9-15-5-3-6-17(14-25)23-15/h1-2,4,7-8,10,13,15,17,23H,3,5-6,9,11-12,14H2,(H,22,24,26). The van der Waals surface area contributed by atoms with Gasteiger partial charge in [-0.1, -0.05) is 12.5 Å². The van der Waals surface area contributed by atoms with E-state index in [-0.39, 0.29) is 12.3 Å². The van der Waals surface area contributed by atoms with Crippen LogP contribution in [0.2, 0.25) is 0 Å². The van der Waals surface area contributed by atoms with E-state index < -0.39 is 0 Å². The minimum Gasteiger partial charge on any atom is -0.369 e. The average molecular weight is 351 g/mol. The van der Waals surface area contributed by atoms with Gasteiger partial charge >= 0.3 is 0 Å². The molecule has 0 saturated carbocycles. The van der Waals surface area contributed by atoms with E-state index in [0.717, 1.165) is 24.5 Å². The molecular weight excluding hydrogens is 326 g/mol. The summed E-state index contributed by atoms with van der Waals surface area (Å²) in [5.41, 5.74) is 1.88. The van der Waals surface area contributed by atoms with Crippen LogP contribution in [-0.4, -0.2) is 41.0 Å².